The van der Waals surface area contributed by atoms with Crippen molar-refractivity contribution in [2.24, 2.45) is 0 Å². The lowest BCUT2D eigenvalue weighted by atomic mass is 9.99. The van der Waals surface area contributed by atoms with E-state index in [2.05, 4.69) is 75.9 Å². The smallest absolute Gasteiger partial charge is 0.181 e. The van der Waals surface area contributed by atoms with Crippen LogP contribution in [0.3, 0.4) is 0 Å². The van der Waals surface area contributed by atoms with Crippen LogP contribution in [0.15, 0.2) is 22.4 Å². The monoisotopic (exact) mass is 624 g/mol. The Labute approximate surface area is 249 Å². The van der Waals surface area contributed by atoms with Crippen LogP contribution in [-0.4, -0.2) is 49.7 Å². The van der Waals surface area contributed by atoms with Crippen LogP contribution in [0.25, 0.3) is 0 Å². The first-order valence-corrected chi connectivity index (χ1v) is 17.7. The van der Waals surface area contributed by atoms with E-state index >= 15 is 0 Å². The summed E-state index contributed by atoms with van der Waals surface area (Å²) in [6.07, 6.45) is 8.11. The standard InChI is InChI=1S/C25H44N4O2S6/c1-7-26-18-20(32)28(22(26)34)24(3,4)12-9-14-36(30)16-11-17-37(31)15-10-13-25(5,6)29-21(33)19-27(8-2)23(29)35/h18-19,32-33H,7-17H2,1-6H3. The highest BCUT2D eigenvalue weighted by Gasteiger charge is 2.25. The lowest BCUT2D eigenvalue weighted by Gasteiger charge is -2.28. The van der Waals surface area contributed by atoms with Gasteiger partial charge in [-0.3, -0.25) is 8.42 Å². The number of nitrogens with zero attached hydrogens (tertiary/aromatic N) is 4. The van der Waals surface area contributed by atoms with E-state index in [0.717, 1.165) is 64.8 Å². The van der Waals surface area contributed by atoms with E-state index in [-0.39, 0.29) is 11.1 Å². The molecule has 0 aliphatic rings. The molecule has 0 aliphatic carbocycles. The van der Waals surface area contributed by atoms with Crippen LogP contribution in [0, 0.1) is 9.54 Å². The first-order valence-electron chi connectivity index (χ1n) is 13.0. The molecule has 0 N–H and O–H groups in total. The van der Waals surface area contributed by atoms with E-state index in [4.69, 9.17) is 24.4 Å². The zero-order valence-electron chi connectivity index (χ0n) is 23.1. The Bertz CT molecular complexity index is 1110. The van der Waals surface area contributed by atoms with Gasteiger partial charge in [0.05, 0.1) is 10.1 Å². The lowest BCUT2D eigenvalue weighted by molar-refractivity contribution is 0.300. The zero-order chi connectivity index (χ0) is 28.0. The first-order chi connectivity index (χ1) is 17.2. The average molecular weight is 625 g/mol. The van der Waals surface area contributed by atoms with Gasteiger partial charge in [-0.05, 0) is 98.1 Å². The molecule has 0 aliphatic heterocycles. The SMILES string of the molecule is CCn1cc(S)n(C(C)(C)CCCS(=O)CCCS(=O)CCCC(C)(C)n2c(S)cn(CC)c2=S)c1=S. The van der Waals surface area contributed by atoms with Crippen LogP contribution >= 0.6 is 49.7 Å². The molecule has 6 nitrogen and oxygen atoms in total. The molecule has 0 bridgehead atoms. The Kier molecular flexibility index (Phi) is 12.9. The second-order valence-electron chi connectivity index (χ2n) is 10.7. The Morgan fingerprint density at radius 2 is 1.03 bits per heavy atom. The summed E-state index contributed by atoms with van der Waals surface area (Å²) < 4.78 is 34.9. The van der Waals surface area contributed by atoms with Crippen molar-refractivity contribution in [1.29, 1.82) is 0 Å². The number of aromatic nitrogens is 4. The quantitative estimate of drug-likeness (QED) is 0.164. The predicted octanol–water partition coefficient (Wildman–Crippen LogP) is 6.59. The van der Waals surface area contributed by atoms with Crippen molar-refractivity contribution in [1.82, 2.24) is 18.3 Å². The van der Waals surface area contributed by atoms with Crippen molar-refractivity contribution in [3.05, 3.63) is 21.9 Å². The van der Waals surface area contributed by atoms with Gasteiger partial charge < -0.3 is 18.3 Å². The largest absolute Gasteiger partial charge is 0.323 e. The van der Waals surface area contributed by atoms with Gasteiger partial charge in [0, 0.05) is 81.2 Å². The third kappa shape index (κ3) is 8.93. The van der Waals surface area contributed by atoms with Crippen molar-refractivity contribution < 1.29 is 8.42 Å². The Morgan fingerprint density at radius 1 is 0.703 bits per heavy atom. The van der Waals surface area contributed by atoms with Crippen molar-refractivity contribution in [2.45, 2.75) is 108 Å². The predicted molar refractivity (Wildman–Crippen MR) is 170 cm³/mol. The molecule has 0 aromatic carbocycles. The molecule has 0 fully saturated rings. The van der Waals surface area contributed by atoms with Gasteiger partial charge in [0.2, 0.25) is 0 Å². The fourth-order valence-electron chi connectivity index (χ4n) is 4.69. The van der Waals surface area contributed by atoms with Crippen LogP contribution in [0.4, 0.5) is 0 Å². The maximum Gasteiger partial charge on any atom is 0.181 e. The lowest BCUT2D eigenvalue weighted by Crippen LogP contribution is -2.28. The molecule has 2 rings (SSSR count). The summed E-state index contributed by atoms with van der Waals surface area (Å²) in [6.45, 7) is 14.4. The second kappa shape index (κ2) is 14.5. The maximum absolute atomic E-state index is 12.6. The highest BCUT2D eigenvalue weighted by atomic mass is 32.2. The summed E-state index contributed by atoms with van der Waals surface area (Å²) in [5, 5.41) is 1.72. The van der Waals surface area contributed by atoms with Crippen LogP contribution in [0.2, 0.25) is 0 Å². The van der Waals surface area contributed by atoms with Crippen molar-refractivity contribution in [3.63, 3.8) is 0 Å². The molecule has 2 heterocycles. The summed E-state index contributed by atoms with van der Waals surface area (Å²) in [4.78, 5) is 0. The minimum atomic E-state index is -0.903. The van der Waals surface area contributed by atoms with E-state index < -0.39 is 21.6 Å². The van der Waals surface area contributed by atoms with Crippen LogP contribution in [0.1, 0.15) is 73.6 Å². The topological polar surface area (TPSA) is 53.9 Å². The molecule has 2 atom stereocenters. The van der Waals surface area contributed by atoms with Crippen LogP contribution in [0.5, 0.6) is 0 Å². The zero-order valence-corrected chi connectivity index (χ0v) is 28.1. The van der Waals surface area contributed by atoms with Gasteiger partial charge in [-0.1, -0.05) is 0 Å². The summed E-state index contributed by atoms with van der Waals surface area (Å²) >= 11 is 20.5. The minimum Gasteiger partial charge on any atom is -0.323 e. The summed E-state index contributed by atoms with van der Waals surface area (Å²) in [5.74, 6) is 2.50. The molecule has 2 aromatic heterocycles. The van der Waals surface area contributed by atoms with E-state index in [1.54, 1.807) is 0 Å². The Balaban J connectivity index is 1.72. The van der Waals surface area contributed by atoms with Crippen LogP contribution in [-0.2, 0) is 45.8 Å². The van der Waals surface area contributed by atoms with Gasteiger partial charge in [0.15, 0.2) is 9.54 Å². The molecule has 12 heteroatoms. The molecular formula is C25H44N4O2S6. The molecule has 0 saturated heterocycles. The number of hydrogen-bond donors (Lipinski definition) is 2. The Morgan fingerprint density at radius 3 is 1.32 bits per heavy atom. The highest BCUT2D eigenvalue weighted by molar-refractivity contribution is 7.85. The van der Waals surface area contributed by atoms with Crippen LogP contribution < -0.4 is 0 Å². The molecule has 37 heavy (non-hydrogen) atoms. The molecule has 212 valence electrons. The second-order valence-corrected chi connectivity index (χ2v) is 15.7. The molecule has 0 saturated carbocycles. The van der Waals surface area contributed by atoms with E-state index in [9.17, 15) is 8.42 Å². The van der Waals surface area contributed by atoms with Gasteiger partial charge in [0.25, 0.3) is 0 Å². The van der Waals surface area contributed by atoms with E-state index in [1.165, 1.54) is 0 Å². The summed E-state index contributed by atoms with van der Waals surface area (Å²) in [7, 11) is -1.81. The van der Waals surface area contributed by atoms with E-state index in [1.807, 2.05) is 21.5 Å². The molecular weight excluding hydrogens is 581 g/mol. The average Bonchev–Trinajstić information content (AvgIpc) is 3.27. The fourth-order valence-corrected chi connectivity index (χ4v) is 9.34. The number of imidazole rings is 2. The fraction of sp³-hybridized carbons (Fsp3) is 0.760. The molecule has 0 spiro atoms. The van der Waals surface area contributed by atoms with E-state index in [0.29, 0.717) is 23.0 Å². The molecule has 2 aromatic rings. The third-order valence-electron chi connectivity index (χ3n) is 6.83. The van der Waals surface area contributed by atoms with Gasteiger partial charge in [-0.2, -0.15) is 0 Å². The van der Waals surface area contributed by atoms with Gasteiger partial charge in [-0.15, -0.1) is 25.3 Å². The third-order valence-corrected chi connectivity index (χ3v) is 11.3. The molecule has 2 unspecified atom stereocenters. The Hall–Kier alpha value is -0.140. The highest BCUT2D eigenvalue weighted by Crippen LogP contribution is 2.28. The first kappa shape index (κ1) is 33.1. The van der Waals surface area contributed by atoms with Crippen molar-refractivity contribution >= 4 is 71.3 Å². The summed E-state index contributed by atoms with van der Waals surface area (Å²) in [6, 6.07) is 0. The van der Waals surface area contributed by atoms with Gasteiger partial charge in [0.1, 0.15) is 0 Å². The van der Waals surface area contributed by atoms with Gasteiger partial charge in [-0.25, -0.2) is 0 Å². The number of hydrogen-bond acceptors (Lipinski definition) is 6. The molecule has 0 amide bonds. The number of aryl methyl sites for hydroxylation is 2. The van der Waals surface area contributed by atoms with Gasteiger partial charge >= 0.3 is 0 Å². The summed E-state index contributed by atoms with van der Waals surface area (Å²) in [5.41, 5.74) is -0.379. The number of rotatable bonds is 16. The molecule has 0 radical (unpaired) electrons. The maximum atomic E-state index is 12.6. The van der Waals surface area contributed by atoms with Crippen molar-refractivity contribution in [3.8, 4) is 0 Å². The normalized spacial score (nSPS) is 14.3. The van der Waals surface area contributed by atoms with Crippen molar-refractivity contribution in [2.75, 3.05) is 23.0 Å². The number of thiol groups is 2. The minimum absolute atomic E-state index is 0.189.